The lowest BCUT2D eigenvalue weighted by atomic mass is 10.0. The largest absolute Gasteiger partial charge is 0.384 e. The van der Waals surface area contributed by atoms with E-state index in [1.54, 1.807) is 11.8 Å². The van der Waals surface area contributed by atoms with Crippen LogP contribution in [-0.2, 0) is 4.79 Å². The van der Waals surface area contributed by atoms with Crippen molar-refractivity contribution in [3.05, 3.63) is 29.3 Å². The molecule has 2 N–H and O–H groups in total. The molecule has 4 heteroatoms. The van der Waals surface area contributed by atoms with Crippen LogP contribution in [0.25, 0.3) is 0 Å². The summed E-state index contributed by atoms with van der Waals surface area (Å²) >= 11 is 1.71. The number of carbonyl (C=O) groups is 1. The third-order valence-corrected chi connectivity index (χ3v) is 4.94. The molecule has 106 valence electrons. The smallest absolute Gasteiger partial charge is 0.240 e. The van der Waals surface area contributed by atoms with Gasteiger partial charge in [0.1, 0.15) is 6.61 Å². The molecule has 1 aromatic carbocycles. The Bertz CT molecular complexity index is 566. The summed E-state index contributed by atoms with van der Waals surface area (Å²) in [7, 11) is 0. The van der Waals surface area contributed by atoms with Gasteiger partial charge in [0.2, 0.25) is 5.91 Å². The SMILES string of the molecule is Cc1ccc(NC(=O)C2(C)CCCS2)c(C#CCO)c1. The zero-order chi connectivity index (χ0) is 14.6. The number of rotatable bonds is 2. The van der Waals surface area contributed by atoms with Gasteiger partial charge in [0.05, 0.1) is 10.4 Å². The number of thioether (sulfide) groups is 1. The van der Waals surface area contributed by atoms with E-state index in [1.165, 1.54) is 0 Å². The molecule has 1 fully saturated rings. The van der Waals surface area contributed by atoms with Gasteiger partial charge in [0.25, 0.3) is 0 Å². The Morgan fingerprint density at radius 1 is 1.55 bits per heavy atom. The number of hydrogen-bond acceptors (Lipinski definition) is 3. The quantitative estimate of drug-likeness (QED) is 0.823. The summed E-state index contributed by atoms with van der Waals surface area (Å²) in [6.45, 7) is 3.78. The summed E-state index contributed by atoms with van der Waals surface area (Å²) in [5.41, 5.74) is 2.54. The number of aliphatic hydroxyl groups excluding tert-OH is 1. The van der Waals surface area contributed by atoms with Crippen molar-refractivity contribution in [3.8, 4) is 11.8 Å². The van der Waals surface area contributed by atoms with Gasteiger partial charge in [0.15, 0.2) is 0 Å². The molecule has 0 spiro atoms. The number of hydrogen-bond donors (Lipinski definition) is 2. The normalized spacial score (nSPS) is 21.1. The lowest BCUT2D eigenvalue weighted by Gasteiger charge is -2.22. The lowest BCUT2D eigenvalue weighted by molar-refractivity contribution is -0.118. The van der Waals surface area contributed by atoms with Crippen molar-refractivity contribution in [1.82, 2.24) is 0 Å². The Kier molecular flexibility index (Phi) is 4.74. The van der Waals surface area contributed by atoms with Crippen molar-refractivity contribution in [2.75, 3.05) is 17.7 Å². The Balaban J connectivity index is 2.22. The minimum absolute atomic E-state index is 0.0379. The molecule has 0 saturated carbocycles. The Morgan fingerprint density at radius 3 is 3.00 bits per heavy atom. The molecular formula is C16H19NO2S. The Hall–Kier alpha value is -1.44. The van der Waals surface area contributed by atoms with E-state index in [9.17, 15) is 4.79 Å². The second-order valence-corrected chi connectivity index (χ2v) is 6.74. The topological polar surface area (TPSA) is 49.3 Å². The minimum atomic E-state index is -0.341. The second kappa shape index (κ2) is 6.34. The fourth-order valence-corrected chi connectivity index (χ4v) is 3.43. The first-order valence-electron chi connectivity index (χ1n) is 6.71. The highest BCUT2D eigenvalue weighted by molar-refractivity contribution is 8.01. The summed E-state index contributed by atoms with van der Waals surface area (Å²) < 4.78 is -0.341. The standard InChI is InChI=1S/C16H19NO2S/c1-12-6-7-14(13(11-12)5-3-9-18)17-15(19)16(2)8-4-10-20-16/h6-7,11,18H,4,8-10H2,1-2H3,(H,17,19). The van der Waals surface area contributed by atoms with Crippen LogP contribution < -0.4 is 5.32 Å². The van der Waals surface area contributed by atoms with Crippen LogP contribution in [0.4, 0.5) is 5.69 Å². The molecule has 0 aliphatic carbocycles. The van der Waals surface area contributed by atoms with Crippen molar-refractivity contribution in [1.29, 1.82) is 0 Å². The molecule has 1 saturated heterocycles. The predicted molar refractivity (Wildman–Crippen MR) is 83.9 cm³/mol. The van der Waals surface area contributed by atoms with E-state index in [4.69, 9.17) is 5.11 Å². The molecule has 1 aliphatic rings. The molecule has 1 heterocycles. The van der Waals surface area contributed by atoms with Crippen molar-refractivity contribution < 1.29 is 9.90 Å². The van der Waals surface area contributed by atoms with Gasteiger partial charge in [-0.2, -0.15) is 0 Å². The van der Waals surface area contributed by atoms with Crippen LogP contribution in [0.3, 0.4) is 0 Å². The fraction of sp³-hybridized carbons (Fsp3) is 0.438. The van der Waals surface area contributed by atoms with E-state index >= 15 is 0 Å². The molecule has 1 atom stereocenters. The highest BCUT2D eigenvalue weighted by atomic mass is 32.2. The number of benzene rings is 1. The first-order valence-corrected chi connectivity index (χ1v) is 7.69. The molecular weight excluding hydrogens is 270 g/mol. The predicted octanol–water partition coefficient (Wildman–Crippen LogP) is 2.56. The zero-order valence-electron chi connectivity index (χ0n) is 11.8. The average Bonchev–Trinajstić information content (AvgIpc) is 2.87. The molecule has 0 radical (unpaired) electrons. The summed E-state index contributed by atoms with van der Waals surface area (Å²) in [6, 6.07) is 5.74. The molecule has 1 aliphatic heterocycles. The molecule has 0 aromatic heterocycles. The summed E-state index contributed by atoms with van der Waals surface area (Å²) in [5, 5.41) is 11.8. The maximum atomic E-state index is 12.4. The third kappa shape index (κ3) is 3.36. The maximum Gasteiger partial charge on any atom is 0.240 e. The molecule has 3 nitrogen and oxygen atoms in total. The Morgan fingerprint density at radius 2 is 2.35 bits per heavy atom. The minimum Gasteiger partial charge on any atom is -0.384 e. The second-order valence-electron chi connectivity index (χ2n) is 5.15. The van der Waals surface area contributed by atoms with Crippen molar-refractivity contribution in [3.63, 3.8) is 0 Å². The number of nitrogens with one attached hydrogen (secondary N) is 1. The van der Waals surface area contributed by atoms with Gasteiger partial charge in [-0.1, -0.05) is 17.9 Å². The van der Waals surface area contributed by atoms with E-state index in [-0.39, 0.29) is 17.3 Å². The third-order valence-electron chi connectivity index (χ3n) is 3.42. The number of anilines is 1. The van der Waals surface area contributed by atoms with Gasteiger partial charge in [0, 0.05) is 5.56 Å². The number of aliphatic hydroxyl groups is 1. The average molecular weight is 289 g/mol. The van der Waals surface area contributed by atoms with Crippen molar-refractivity contribution in [2.45, 2.75) is 31.4 Å². The maximum absolute atomic E-state index is 12.4. The molecule has 20 heavy (non-hydrogen) atoms. The van der Waals surface area contributed by atoms with Crippen LogP contribution in [0, 0.1) is 18.8 Å². The first kappa shape index (κ1) is 15.0. The van der Waals surface area contributed by atoms with Crippen LogP contribution in [0.5, 0.6) is 0 Å². The van der Waals surface area contributed by atoms with Crippen LogP contribution in [0.15, 0.2) is 18.2 Å². The van der Waals surface area contributed by atoms with E-state index in [0.717, 1.165) is 35.4 Å². The lowest BCUT2D eigenvalue weighted by Crippen LogP contribution is -2.34. The zero-order valence-corrected chi connectivity index (χ0v) is 12.6. The van der Waals surface area contributed by atoms with Gasteiger partial charge in [-0.05, 0) is 50.1 Å². The van der Waals surface area contributed by atoms with Gasteiger partial charge in [-0.25, -0.2) is 0 Å². The highest BCUT2D eigenvalue weighted by Gasteiger charge is 2.37. The number of amides is 1. The van der Waals surface area contributed by atoms with Crippen molar-refractivity contribution in [2.24, 2.45) is 0 Å². The van der Waals surface area contributed by atoms with E-state index in [2.05, 4.69) is 17.2 Å². The summed E-state index contributed by atoms with van der Waals surface area (Å²) in [5.74, 6) is 6.60. The van der Waals surface area contributed by atoms with Gasteiger partial charge < -0.3 is 10.4 Å². The monoisotopic (exact) mass is 289 g/mol. The number of carbonyl (C=O) groups excluding carboxylic acids is 1. The van der Waals surface area contributed by atoms with Crippen LogP contribution in [-0.4, -0.2) is 28.1 Å². The van der Waals surface area contributed by atoms with E-state index in [1.807, 2.05) is 32.0 Å². The van der Waals surface area contributed by atoms with E-state index < -0.39 is 0 Å². The number of aryl methyl sites for hydroxylation is 1. The van der Waals surface area contributed by atoms with Crippen LogP contribution >= 0.6 is 11.8 Å². The molecule has 0 bridgehead atoms. The summed E-state index contributed by atoms with van der Waals surface area (Å²) in [6.07, 6.45) is 1.99. The molecule has 2 rings (SSSR count). The van der Waals surface area contributed by atoms with E-state index in [0.29, 0.717) is 0 Å². The summed E-state index contributed by atoms with van der Waals surface area (Å²) in [4.78, 5) is 12.4. The van der Waals surface area contributed by atoms with Gasteiger partial charge in [-0.15, -0.1) is 11.8 Å². The highest BCUT2D eigenvalue weighted by Crippen LogP contribution is 2.38. The first-order chi connectivity index (χ1) is 9.55. The van der Waals surface area contributed by atoms with Crippen LogP contribution in [0.2, 0.25) is 0 Å². The Labute approximate surface area is 124 Å². The fourth-order valence-electron chi connectivity index (χ4n) is 2.22. The molecule has 1 unspecified atom stereocenters. The van der Waals surface area contributed by atoms with Gasteiger partial charge >= 0.3 is 0 Å². The van der Waals surface area contributed by atoms with Gasteiger partial charge in [-0.3, -0.25) is 4.79 Å². The molecule has 1 aromatic rings. The van der Waals surface area contributed by atoms with Crippen molar-refractivity contribution >= 4 is 23.4 Å². The van der Waals surface area contributed by atoms with Crippen LogP contribution in [0.1, 0.15) is 30.9 Å². The molecule has 1 amide bonds.